The molecule has 4 heterocycles. The molecule has 158 valence electrons. The van der Waals surface area contributed by atoms with E-state index < -0.39 is 0 Å². The third kappa shape index (κ3) is 4.00. The Bertz CT molecular complexity index is 1020. The van der Waals surface area contributed by atoms with E-state index in [1.54, 1.807) is 24.4 Å². The maximum atomic E-state index is 10.4. The van der Waals surface area contributed by atoms with E-state index in [0.29, 0.717) is 34.6 Å². The van der Waals surface area contributed by atoms with Crippen LogP contribution in [0, 0.1) is 5.92 Å². The Labute approximate surface area is 175 Å². The molecule has 3 aromatic rings. The number of aromatic hydroxyl groups is 1. The Morgan fingerprint density at radius 2 is 1.97 bits per heavy atom. The molecule has 8 nitrogen and oxygen atoms in total. The molecule has 30 heavy (non-hydrogen) atoms. The van der Waals surface area contributed by atoms with Gasteiger partial charge in [-0.2, -0.15) is 0 Å². The number of pyridine rings is 1. The van der Waals surface area contributed by atoms with Crippen LogP contribution in [-0.4, -0.2) is 42.5 Å². The zero-order valence-electron chi connectivity index (χ0n) is 17.9. The first kappa shape index (κ1) is 20.3. The van der Waals surface area contributed by atoms with E-state index in [1.807, 2.05) is 0 Å². The number of aromatic nitrogens is 4. The zero-order valence-corrected chi connectivity index (χ0v) is 17.9. The summed E-state index contributed by atoms with van der Waals surface area (Å²) in [4.78, 5) is 8.36. The summed E-state index contributed by atoms with van der Waals surface area (Å²) in [6.07, 6.45) is 5.47. The highest BCUT2D eigenvalue weighted by molar-refractivity contribution is 5.66. The maximum absolute atomic E-state index is 10.4. The minimum absolute atomic E-state index is 0.0167. The number of ether oxygens (including phenoxy) is 1. The predicted octanol–water partition coefficient (Wildman–Crippen LogP) is 3.83. The molecule has 0 unspecified atom stereocenters. The fourth-order valence-corrected chi connectivity index (χ4v) is 4.12. The van der Waals surface area contributed by atoms with E-state index in [4.69, 9.17) is 9.15 Å². The highest BCUT2D eigenvalue weighted by Gasteiger charge is 2.44. The molecule has 8 heteroatoms. The topological polar surface area (TPSA) is 106 Å². The summed E-state index contributed by atoms with van der Waals surface area (Å²) in [6.45, 7) is 10.9. The van der Waals surface area contributed by atoms with Crippen LogP contribution in [0.25, 0.3) is 22.8 Å². The van der Waals surface area contributed by atoms with E-state index >= 15 is 0 Å². The first-order valence-electron chi connectivity index (χ1n) is 10.0. The van der Waals surface area contributed by atoms with Gasteiger partial charge >= 0.3 is 0 Å². The molecular weight excluding hydrogens is 382 g/mol. The van der Waals surface area contributed by atoms with Crippen molar-refractivity contribution in [3.05, 3.63) is 36.9 Å². The lowest BCUT2D eigenvalue weighted by Crippen LogP contribution is -2.64. The third-order valence-electron chi connectivity index (χ3n) is 5.77. The van der Waals surface area contributed by atoms with Gasteiger partial charge in [0.05, 0.1) is 11.8 Å². The van der Waals surface area contributed by atoms with Gasteiger partial charge in [0.15, 0.2) is 0 Å². The van der Waals surface area contributed by atoms with Crippen LogP contribution in [0.15, 0.2) is 41.3 Å². The van der Waals surface area contributed by atoms with Crippen molar-refractivity contribution in [1.82, 2.24) is 25.5 Å². The molecule has 1 saturated heterocycles. The van der Waals surface area contributed by atoms with Crippen LogP contribution in [-0.2, 0) is 0 Å². The van der Waals surface area contributed by atoms with Crippen LogP contribution in [0.2, 0.25) is 0 Å². The number of hydrogen-bond donors (Lipinski definition) is 2. The van der Waals surface area contributed by atoms with E-state index in [-0.39, 0.29) is 22.9 Å². The summed E-state index contributed by atoms with van der Waals surface area (Å²) in [5.41, 5.74) is 1.29. The monoisotopic (exact) mass is 409 g/mol. The van der Waals surface area contributed by atoms with Crippen LogP contribution in [0.5, 0.6) is 11.6 Å². The molecule has 0 amide bonds. The minimum Gasteiger partial charge on any atom is -0.506 e. The molecule has 1 fully saturated rings. The van der Waals surface area contributed by atoms with Crippen LogP contribution in [0.4, 0.5) is 0 Å². The van der Waals surface area contributed by atoms with Crippen molar-refractivity contribution in [2.45, 2.75) is 58.2 Å². The number of rotatable bonds is 4. The Balaban J connectivity index is 1.52. The van der Waals surface area contributed by atoms with Crippen molar-refractivity contribution >= 4 is 0 Å². The van der Waals surface area contributed by atoms with E-state index in [2.05, 4.69) is 60.1 Å². The molecule has 3 aromatic heterocycles. The quantitative estimate of drug-likeness (QED) is 0.670. The fourth-order valence-electron chi connectivity index (χ4n) is 4.12. The Hall–Kier alpha value is -3.00. The maximum Gasteiger partial charge on any atom is 0.233 e. The van der Waals surface area contributed by atoms with Crippen molar-refractivity contribution in [2.75, 3.05) is 0 Å². The molecule has 2 atom stereocenters. The molecule has 1 aliphatic heterocycles. The summed E-state index contributed by atoms with van der Waals surface area (Å²) in [7, 11) is 0. The molecule has 0 bridgehead atoms. The normalized spacial score (nSPS) is 22.6. The van der Waals surface area contributed by atoms with Gasteiger partial charge in [-0.05, 0) is 39.8 Å². The fraction of sp³-hybridized carbons (Fsp3) is 0.455. The molecule has 0 aliphatic carbocycles. The molecule has 2 N–H and O–H groups in total. The molecule has 0 spiro atoms. The second kappa shape index (κ2) is 7.36. The molecule has 0 aromatic carbocycles. The number of hydrogen-bond acceptors (Lipinski definition) is 8. The van der Waals surface area contributed by atoms with Gasteiger partial charge in [0.2, 0.25) is 11.8 Å². The standard InChI is InChI=1S/C22H27N5O3/c1-13-17(11-21(2,3)27-22(13,4)5)30-18-7-6-15(25-26-18)19-16(28)10-14(12-24-19)20-23-8-9-29-20/h6-10,12-13,17,27-28H,11H2,1-5H3/t13-,17-/m0/s1. The van der Waals surface area contributed by atoms with Crippen LogP contribution < -0.4 is 10.1 Å². The van der Waals surface area contributed by atoms with Gasteiger partial charge in [0.25, 0.3) is 0 Å². The lowest BCUT2D eigenvalue weighted by Gasteiger charge is -2.50. The van der Waals surface area contributed by atoms with Gasteiger partial charge in [0, 0.05) is 35.7 Å². The minimum atomic E-state index is -0.0555. The second-order valence-electron chi connectivity index (χ2n) is 9.07. The van der Waals surface area contributed by atoms with Gasteiger partial charge in [-0.25, -0.2) is 9.97 Å². The summed E-state index contributed by atoms with van der Waals surface area (Å²) in [5.74, 6) is 1.12. The molecule has 0 radical (unpaired) electrons. The van der Waals surface area contributed by atoms with Gasteiger partial charge in [-0.3, -0.25) is 0 Å². The van der Waals surface area contributed by atoms with E-state index in [0.717, 1.165) is 6.42 Å². The lowest BCUT2D eigenvalue weighted by atomic mass is 9.73. The Morgan fingerprint density at radius 1 is 1.17 bits per heavy atom. The Kier molecular flexibility index (Phi) is 4.97. The number of nitrogens with one attached hydrogen (secondary N) is 1. The number of oxazole rings is 1. The SMILES string of the molecule is C[C@H]1[C@@H](Oc2ccc(-c3ncc(-c4ncco4)cc3O)nn2)CC(C)(C)NC1(C)C. The van der Waals surface area contributed by atoms with Gasteiger partial charge in [-0.1, -0.05) is 6.92 Å². The molecule has 1 aliphatic rings. The Morgan fingerprint density at radius 3 is 2.60 bits per heavy atom. The number of piperidine rings is 1. The van der Waals surface area contributed by atoms with Crippen LogP contribution >= 0.6 is 0 Å². The second-order valence-corrected chi connectivity index (χ2v) is 9.07. The van der Waals surface area contributed by atoms with Gasteiger partial charge in [-0.15, -0.1) is 10.2 Å². The predicted molar refractivity (Wildman–Crippen MR) is 112 cm³/mol. The third-order valence-corrected chi connectivity index (χ3v) is 5.77. The highest BCUT2D eigenvalue weighted by Crippen LogP contribution is 2.36. The summed E-state index contributed by atoms with van der Waals surface area (Å²) < 4.78 is 11.4. The van der Waals surface area contributed by atoms with Crippen molar-refractivity contribution in [1.29, 1.82) is 0 Å². The molecule has 0 saturated carbocycles. The molecular formula is C22H27N5O3. The highest BCUT2D eigenvalue weighted by atomic mass is 16.5. The smallest absolute Gasteiger partial charge is 0.233 e. The summed E-state index contributed by atoms with van der Waals surface area (Å²) in [5, 5.41) is 22.5. The van der Waals surface area contributed by atoms with Gasteiger partial charge in [0.1, 0.15) is 29.5 Å². The van der Waals surface area contributed by atoms with Crippen molar-refractivity contribution in [3.63, 3.8) is 0 Å². The van der Waals surface area contributed by atoms with Crippen LogP contribution in [0.3, 0.4) is 0 Å². The van der Waals surface area contributed by atoms with E-state index in [9.17, 15) is 5.11 Å². The van der Waals surface area contributed by atoms with Crippen LogP contribution in [0.1, 0.15) is 41.0 Å². The summed E-state index contributed by atoms with van der Waals surface area (Å²) >= 11 is 0. The van der Waals surface area contributed by atoms with Crippen molar-refractivity contribution < 1.29 is 14.3 Å². The van der Waals surface area contributed by atoms with Crippen molar-refractivity contribution in [2.24, 2.45) is 5.92 Å². The summed E-state index contributed by atoms with van der Waals surface area (Å²) in [6, 6.07) is 5.05. The average Bonchev–Trinajstić information content (AvgIpc) is 3.20. The van der Waals surface area contributed by atoms with Crippen molar-refractivity contribution in [3.8, 4) is 34.5 Å². The first-order valence-corrected chi connectivity index (χ1v) is 10.0. The lowest BCUT2D eigenvalue weighted by molar-refractivity contribution is -0.000168. The zero-order chi connectivity index (χ0) is 21.5. The van der Waals surface area contributed by atoms with Gasteiger partial charge < -0.3 is 19.6 Å². The first-order chi connectivity index (χ1) is 14.1. The number of nitrogens with zero attached hydrogens (tertiary/aromatic N) is 4. The largest absolute Gasteiger partial charge is 0.506 e. The average molecular weight is 409 g/mol. The van der Waals surface area contributed by atoms with E-state index in [1.165, 1.54) is 12.5 Å². The molecule has 4 rings (SSSR count).